The van der Waals surface area contributed by atoms with E-state index in [2.05, 4.69) is 20.6 Å². The van der Waals surface area contributed by atoms with Crippen molar-refractivity contribution in [2.24, 2.45) is 0 Å². The first-order chi connectivity index (χ1) is 12.2. The predicted molar refractivity (Wildman–Crippen MR) is 92.7 cm³/mol. The van der Waals surface area contributed by atoms with Gasteiger partial charge in [0.1, 0.15) is 23.1 Å². The zero-order valence-corrected chi connectivity index (χ0v) is 13.4. The quantitative estimate of drug-likeness (QED) is 0.743. The fourth-order valence-electron chi connectivity index (χ4n) is 2.11. The van der Waals surface area contributed by atoms with Crippen LogP contribution in [0, 0.1) is 5.82 Å². The molecule has 0 aliphatic heterocycles. The molecular formula is C18H15FN4O2. The third kappa shape index (κ3) is 4.08. The highest BCUT2D eigenvalue weighted by Gasteiger charge is 2.11. The largest absolute Gasteiger partial charge is 0.497 e. The Balaban J connectivity index is 1.69. The Labute approximate surface area is 143 Å². The van der Waals surface area contributed by atoms with E-state index in [1.165, 1.54) is 24.5 Å². The number of benzene rings is 2. The van der Waals surface area contributed by atoms with Crippen LogP contribution in [0.25, 0.3) is 0 Å². The normalized spacial score (nSPS) is 10.2. The second-order valence-electron chi connectivity index (χ2n) is 5.08. The summed E-state index contributed by atoms with van der Waals surface area (Å²) in [7, 11) is 1.59. The van der Waals surface area contributed by atoms with Gasteiger partial charge in [0.15, 0.2) is 0 Å². The Hall–Kier alpha value is -3.48. The van der Waals surface area contributed by atoms with Gasteiger partial charge in [-0.2, -0.15) is 0 Å². The predicted octanol–water partition coefficient (Wildman–Crippen LogP) is 3.62. The average Bonchev–Trinajstić information content (AvgIpc) is 2.64. The smallest absolute Gasteiger partial charge is 0.275 e. The van der Waals surface area contributed by atoms with E-state index in [9.17, 15) is 9.18 Å². The Morgan fingerprint density at radius 2 is 1.92 bits per heavy atom. The molecule has 0 spiro atoms. The van der Waals surface area contributed by atoms with Crippen LogP contribution in [0.3, 0.4) is 0 Å². The number of carbonyl (C=O) groups is 1. The van der Waals surface area contributed by atoms with E-state index in [4.69, 9.17) is 4.74 Å². The summed E-state index contributed by atoms with van der Waals surface area (Å²) < 4.78 is 18.7. The third-order valence-corrected chi connectivity index (χ3v) is 3.35. The summed E-state index contributed by atoms with van der Waals surface area (Å²) in [6.45, 7) is 0. The average molecular weight is 338 g/mol. The van der Waals surface area contributed by atoms with Gasteiger partial charge in [0.05, 0.1) is 25.2 Å². The molecule has 0 saturated heterocycles. The van der Waals surface area contributed by atoms with Crippen LogP contribution in [0.5, 0.6) is 5.75 Å². The number of hydrogen-bond acceptors (Lipinski definition) is 5. The van der Waals surface area contributed by atoms with Gasteiger partial charge in [-0.05, 0) is 24.3 Å². The van der Waals surface area contributed by atoms with Gasteiger partial charge in [-0.15, -0.1) is 0 Å². The fourth-order valence-corrected chi connectivity index (χ4v) is 2.11. The zero-order chi connectivity index (χ0) is 17.6. The van der Waals surface area contributed by atoms with Crippen molar-refractivity contribution in [2.45, 2.75) is 0 Å². The van der Waals surface area contributed by atoms with E-state index in [0.29, 0.717) is 11.6 Å². The topological polar surface area (TPSA) is 76.1 Å². The lowest BCUT2D eigenvalue weighted by molar-refractivity contribution is 0.102. The Kier molecular flexibility index (Phi) is 4.84. The molecule has 0 fully saturated rings. The number of aromatic nitrogens is 2. The van der Waals surface area contributed by atoms with Gasteiger partial charge < -0.3 is 15.4 Å². The summed E-state index contributed by atoms with van der Waals surface area (Å²) >= 11 is 0. The van der Waals surface area contributed by atoms with Crippen LogP contribution in [0.2, 0.25) is 0 Å². The van der Waals surface area contributed by atoms with Crippen molar-refractivity contribution in [3.8, 4) is 5.75 Å². The monoisotopic (exact) mass is 338 g/mol. The van der Waals surface area contributed by atoms with Crippen molar-refractivity contribution in [3.63, 3.8) is 0 Å². The Bertz CT molecular complexity index is 884. The van der Waals surface area contributed by atoms with E-state index >= 15 is 0 Å². The Morgan fingerprint density at radius 3 is 2.64 bits per heavy atom. The van der Waals surface area contributed by atoms with E-state index in [1.54, 1.807) is 25.3 Å². The van der Waals surface area contributed by atoms with Crippen LogP contribution in [0.1, 0.15) is 10.5 Å². The molecule has 0 aliphatic carbocycles. The molecule has 0 unspecified atom stereocenters. The van der Waals surface area contributed by atoms with Crippen molar-refractivity contribution in [3.05, 3.63) is 72.4 Å². The molecule has 3 rings (SSSR count). The minimum Gasteiger partial charge on any atom is -0.497 e. The lowest BCUT2D eigenvalue weighted by Gasteiger charge is -2.08. The number of halogens is 1. The van der Waals surface area contributed by atoms with Crippen LogP contribution in [-0.4, -0.2) is 23.0 Å². The van der Waals surface area contributed by atoms with E-state index in [0.717, 1.165) is 5.69 Å². The maximum Gasteiger partial charge on any atom is 0.275 e. The number of nitrogens with one attached hydrogen (secondary N) is 2. The van der Waals surface area contributed by atoms with Crippen molar-refractivity contribution >= 4 is 23.1 Å². The van der Waals surface area contributed by atoms with Gasteiger partial charge in [-0.25, -0.2) is 14.4 Å². The van der Waals surface area contributed by atoms with Crippen molar-refractivity contribution in [1.29, 1.82) is 0 Å². The molecule has 6 nitrogen and oxygen atoms in total. The summed E-state index contributed by atoms with van der Waals surface area (Å²) in [4.78, 5) is 20.3. The molecule has 2 aromatic carbocycles. The molecule has 0 atom stereocenters. The maximum atomic E-state index is 13.6. The molecule has 25 heavy (non-hydrogen) atoms. The van der Waals surface area contributed by atoms with Gasteiger partial charge in [-0.1, -0.05) is 18.2 Å². The molecule has 1 heterocycles. The number of nitrogens with zero attached hydrogens (tertiary/aromatic N) is 2. The number of anilines is 3. The molecule has 3 aromatic rings. The minimum absolute atomic E-state index is 0.0828. The molecule has 0 saturated carbocycles. The molecule has 7 heteroatoms. The van der Waals surface area contributed by atoms with Crippen molar-refractivity contribution in [1.82, 2.24) is 9.97 Å². The summed E-state index contributed by atoms with van der Waals surface area (Å²) in [6, 6.07) is 13.2. The molecule has 2 N–H and O–H groups in total. The minimum atomic E-state index is -0.537. The summed E-state index contributed by atoms with van der Waals surface area (Å²) in [5, 5.41) is 5.52. The van der Waals surface area contributed by atoms with Gasteiger partial charge in [-0.3, -0.25) is 4.79 Å². The highest BCUT2D eigenvalue weighted by Crippen LogP contribution is 2.20. The summed E-state index contributed by atoms with van der Waals surface area (Å²) in [6.07, 6.45) is 2.74. The molecule has 126 valence electrons. The van der Waals surface area contributed by atoms with E-state index in [-0.39, 0.29) is 11.4 Å². The third-order valence-electron chi connectivity index (χ3n) is 3.35. The standard InChI is InChI=1S/C18H15FN4O2/c1-25-13-6-4-5-12(9-13)22-17-11-20-16(10-21-17)18(24)23-15-8-3-2-7-14(15)19/h2-11H,1H3,(H,21,22)(H,23,24). The van der Waals surface area contributed by atoms with E-state index in [1.807, 2.05) is 18.2 Å². The second-order valence-corrected chi connectivity index (χ2v) is 5.08. The Morgan fingerprint density at radius 1 is 1.08 bits per heavy atom. The highest BCUT2D eigenvalue weighted by atomic mass is 19.1. The van der Waals surface area contributed by atoms with Gasteiger partial charge in [0.25, 0.3) is 5.91 Å². The fraction of sp³-hybridized carbons (Fsp3) is 0.0556. The van der Waals surface area contributed by atoms with Crippen LogP contribution in [-0.2, 0) is 0 Å². The number of methoxy groups -OCH3 is 1. The first-order valence-electron chi connectivity index (χ1n) is 7.45. The van der Waals surface area contributed by atoms with Gasteiger partial charge >= 0.3 is 0 Å². The molecular weight excluding hydrogens is 323 g/mol. The number of hydrogen-bond donors (Lipinski definition) is 2. The van der Waals surface area contributed by atoms with Crippen molar-refractivity contribution < 1.29 is 13.9 Å². The lowest BCUT2D eigenvalue weighted by atomic mass is 10.3. The SMILES string of the molecule is COc1cccc(Nc2cnc(C(=O)Nc3ccccc3F)cn2)c1. The number of para-hydroxylation sites is 1. The van der Waals surface area contributed by atoms with Crippen LogP contribution in [0.15, 0.2) is 60.9 Å². The lowest BCUT2D eigenvalue weighted by Crippen LogP contribution is -2.15. The number of carbonyl (C=O) groups excluding carboxylic acids is 1. The molecule has 0 bridgehead atoms. The second kappa shape index (κ2) is 7.39. The van der Waals surface area contributed by atoms with Gasteiger partial charge in [0, 0.05) is 11.8 Å². The molecule has 1 amide bonds. The van der Waals surface area contributed by atoms with Crippen molar-refractivity contribution in [2.75, 3.05) is 17.7 Å². The van der Waals surface area contributed by atoms with Crippen LogP contribution < -0.4 is 15.4 Å². The van der Waals surface area contributed by atoms with E-state index < -0.39 is 11.7 Å². The first kappa shape index (κ1) is 16.4. The summed E-state index contributed by atoms with van der Waals surface area (Å²) in [5.74, 6) is 0.125. The molecule has 0 aliphatic rings. The highest BCUT2D eigenvalue weighted by molar-refractivity contribution is 6.02. The molecule has 1 aromatic heterocycles. The number of rotatable bonds is 5. The maximum absolute atomic E-state index is 13.6. The number of amides is 1. The van der Waals surface area contributed by atoms with Crippen LogP contribution >= 0.6 is 0 Å². The van der Waals surface area contributed by atoms with Crippen LogP contribution in [0.4, 0.5) is 21.6 Å². The van der Waals surface area contributed by atoms with Gasteiger partial charge in [0.2, 0.25) is 0 Å². The summed E-state index contributed by atoms with van der Waals surface area (Å²) in [5.41, 5.74) is 0.949. The number of ether oxygens (including phenoxy) is 1. The first-order valence-corrected chi connectivity index (χ1v) is 7.45. The zero-order valence-electron chi connectivity index (χ0n) is 13.4. The molecule has 0 radical (unpaired) electrons.